The summed E-state index contributed by atoms with van der Waals surface area (Å²) in [7, 11) is 0. The second-order valence-corrected chi connectivity index (χ2v) is 5.70. The number of esters is 2. The fourth-order valence-electron chi connectivity index (χ4n) is 2.62. The van der Waals surface area contributed by atoms with Gasteiger partial charge in [0.25, 0.3) is 0 Å². The van der Waals surface area contributed by atoms with Crippen molar-refractivity contribution in [3.05, 3.63) is 71.8 Å². The van der Waals surface area contributed by atoms with E-state index in [2.05, 4.69) is 0 Å². The quantitative estimate of drug-likeness (QED) is 0.858. The van der Waals surface area contributed by atoms with Gasteiger partial charge in [-0.15, -0.1) is 0 Å². The Bertz CT molecular complexity index is 667. The molecule has 0 aliphatic carbocycles. The van der Waals surface area contributed by atoms with Crippen molar-refractivity contribution in [1.82, 2.24) is 0 Å². The van der Waals surface area contributed by atoms with Gasteiger partial charge in [-0.1, -0.05) is 36.4 Å². The minimum Gasteiger partial charge on any atom is -0.452 e. The zero-order chi connectivity index (χ0) is 17.8. The number of hydrogen-bond acceptors (Lipinski definition) is 6. The average molecular weight is 342 g/mol. The Hall–Kier alpha value is -2.70. The van der Waals surface area contributed by atoms with Crippen LogP contribution >= 0.6 is 0 Å². The van der Waals surface area contributed by atoms with Gasteiger partial charge in [0.2, 0.25) is 0 Å². The van der Waals surface area contributed by atoms with Crippen LogP contribution in [-0.2, 0) is 14.2 Å². The maximum atomic E-state index is 12.3. The van der Waals surface area contributed by atoms with Gasteiger partial charge in [0, 0.05) is 0 Å². The first kappa shape index (κ1) is 17.1. The van der Waals surface area contributed by atoms with E-state index >= 15 is 0 Å². The summed E-state index contributed by atoms with van der Waals surface area (Å²) in [6.45, 7) is 1.64. The molecule has 0 bridgehead atoms. The lowest BCUT2D eigenvalue weighted by molar-refractivity contribution is -0.127. The van der Waals surface area contributed by atoms with Gasteiger partial charge < -0.3 is 19.3 Å². The smallest absolute Gasteiger partial charge is 0.338 e. The summed E-state index contributed by atoms with van der Waals surface area (Å²) in [5.41, 5.74) is 0.701. The van der Waals surface area contributed by atoms with Crippen molar-refractivity contribution in [2.75, 3.05) is 0 Å². The van der Waals surface area contributed by atoms with E-state index in [1.165, 1.54) is 0 Å². The molecule has 0 radical (unpaired) electrons. The summed E-state index contributed by atoms with van der Waals surface area (Å²) in [4.78, 5) is 24.5. The van der Waals surface area contributed by atoms with Crippen LogP contribution in [0.5, 0.6) is 0 Å². The maximum absolute atomic E-state index is 12.3. The number of aliphatic hydroxyl groups excluding tert-OH is 1. The molecular formula is C19H18O6. The van der Waals surface area contributed by atoms with Crippen LogP contribution in [0, 0.1) is 0 Å². The van der Waals surface area contributed by atoms with Gasteiger partial charge >= 0.3 is 11.9 Å². The van der Waals surface area contributed by atoms with Crippen LogP contribution in [0.25, 0.3) is 0 Å². The molecule has 2 aromatic rings. The summed E-state index contributed by atoms with van der Waals surface area (Å²) in [6, 6.07) is 16.8. The van der Waals surface area contributed by atoms with Crippen LogP contribution in [0.1, 0.15) is 27.6 Å². The van der Waals surface area contributed by atoms with E-state index in [1.54, 1.807) is 67.6 Å². The standard InChI is InChI=1S/C19H18O6/c1-12-15(24-17(20)13-8-4-2-5-9-13)16(19(22)23-12)25-18(21)14-10-6-3-7-11-14/h2-12,15-16,19,22H,1H3/t12-,15-,16-,19+/m1/s1. The molecule has 1 aliphatic heterocycles. The van der Waals surface area contributed by atoms with Crippen molar-refractivity contribution in [2.45, 2.75) is 31.5 Å². The minimum atomic E-state index is -1.36. The molecule has 1 aliphatic rings. The highest BCUT2D eigenvalue weighted by atomic mass is 16.7. The summed E-state index contributed by atoms with van der Waals surface area (Å²) in [5.74, 6) is -1.20. The lowest BCUT2D eigenvalue weighted by atomic mass is 10.1. The van der Waals surface area contributed by atoms with Crippen LogP contribution in [0.2, 0.25) is 0 Å². The molecule has 6 heteroatoms. The van der Waals surface area contributed by atoms with Crippen LogP contribution < -0.4 is 0 Å². The molecule has 0 unspecified atom stereocenters. The molecule has 0 saturated carbocycles. The maximum Gasteiger partial charge on any atom is 0.338 e. The summed E-state index contributed by atoms with van der Waals surface area (Å²) in [6.07, 6.45) is -3.99. The molecule has 0 spiro atoms. The van der Waals surface area contributed by atoms with Gasteiger partial charge in [-0.25, -0.2) is 9.59 Å². The first-order valence-electron chi connectivity index (χ1n) is 7.92. The molecule has 1 heterocycles. The Labute approximate surface area is 144 Å². The number of hydrogen-bond donors (Lipinski definition) is 1. The molecule has 1 saturated heterocycles. The van der Waals surface area contributed by atoms with Crippen LogP contribution in [0.4, 0.5) is 0 Å². The summed E-state index contributed by atoms with van der Waals surface area (Å²) >= 11 is 0. The average Bonchev–Trinajstić information content (AvgIpc) is 2.90. The van der Waals surface area contributed by atoms with E-state index in [1.807, 2.05) is 0 Å². The predicted octanol–water partition coefficient (Wildman–Crippen LogP) is 2.17. The van der Waals surface area contributed by atoms with E-state index in [4.69, 9.17) is 14.2 Å². The Morgan fingerprint density at radius 3 is 1.76 bits per heavy atom. The number of benzene rings is 2. The fourth-order valence-corrected chi connectivity index (χ4v) is 2.62. The van der Waals surface area contributed by atoms with Crippen molar-refractivity contribution in [1.29, 1.82) is 0 Å². The first-order valence-corrected chi connectivity index (χ1v) is 7.92. The van der Waals surface area contributed by atoms with E-state index in [9.17, 15) is 14.7 Å². The third kappa shape index (κ3) is 3.87. The number of carbonyl (C=O) groups is 2. The zero-order valence-electron chi connectivity index (χ0n) is 13.6. The molecule has 1 fully saturated rings. The predicted molar refractivity (Wildman–Crippen MR) is 87.8 cm³/mol. The molecular weight excluding hydrogens is 324 g/mol. The van der Waals surface area contributed by atoms with Gasteiger partial charge in [0.15, 0.2) is 18.5 Å². The highest BCUT2D eigenvalue weighted by Crippen LogP contribution is 2.27. The Balaban J connectivity index is 1.72. The Kier molecular flexibility index (Phi) is 5.11. The molecule has 2 aromatic carbocycles. The molecule has 1 N–H and O–H groups in total. The topological polar surface area (TPSA) is 82.1 Å². The van der Waals surface area contributed by atoms with E-state index in [0.29, 0.717) is 11.1 Å². The van der Waals surface area contributed by atoms with Crippen molar-refractivity contribution in [3.63, 3.8) is 0 Å². The molecule has 0 aromatic heterocycles. The minimum absolute atomic E-state index is 0.336. The van der Waals surface area contributed by atoms with E-state index in [-0.39, 0.29) is 0 Å². The number of rotatable bonds is 4. The largest absolute Gasteiger partial charge is 0.452 e. The summed E-state index contributed by atoms with van der Waals surface area (Å²) < 4.78 is 16.0. The monoisotopic (exact) mass is 342 g/mol. The Morgan fingerprint density at radius 1 is 0.840 bits per heavy atom. The zero-order valence-corrected chi connectivity index (χ0v) is 13.6. The molecule has 4 atom stereocenters. The normalized spacial score (nSPS) is 25.4. The van der Waals surface area contributed by atoms with Crippen LogP contribution in [-0.4, -0.2) is 41.6 Å². The lowest BCUT2D eigenvalue weighted by Gasteiger charge is -2.22. The van der Waals surface area contributed by atoms with Crippen molar-refractivity contribution >= 4 is 11.9 Å². The Morgan fingerprint density at radius 2 is 1.28 bits per heavy atom. The van der Waals surface area contributed by atoms with Crippen LogP contribution in [0.15, 0.2) is 60.7 Å². The van der Waals surface area contributed by atoms with E-state index < -0.39 is 36.5 Å². The highest BCUT2D eigenvalue weighted by Gasteiger charge is 2.47. The highest BCUT2D eigenvalue weighted by molar-refractivity contribution is 5.90. The summed E-state index contributed by atoms with van der Waals surface area (Å²) in [5, 5.41) is 10.0. The van der Waals surface area contributed by atoms with Gasteiger partial charge in [-0.05, 0) is 31.2 Å². The first-order chi connectivity index (χ1) is 12.1. The van der Waals surface area contributed by atoms with Gasteiger partial charge in [-0.3, -0.25) is 0 Å². The second-order valence-electron chi connectivity index (χ2n) is 5.70. The van der Waals surface area contributed by atoms with Crippen molar-refractivity contribution in [3.8, 4) is 0 Å². The van der Waals surface area contributed by atoms with Crippen molar-refractivity contribution in [2.24, 2.45) is 0 Å². The van der Waals surface area contributed by atoms with E-state index in [0.717, 1.165) is 0 Å². The number of aliphatic hydroxyl groups is 1. The molecule has 130 valence electrons. The lowest BCUT2D eigenvalue weighted by Crippen LogP contribution is -2.39. The SMILES string of the molecule is C[C@H]1O[C@H](O)[C@H](OC(=O)c2ccccc2)[C@@H]1OC(=O)c1ccccc1. The van der Waals surface area contributed by atoms with Gasteiger partial charge in [-0.2, -0.15) is 0 Å². The third-order valence-corrected chi connectivity index (χ3v) is 3.93. The third-order valence-electron chi connectivity index (χ3n) is 3.93. The molecule has 0 amide bonds. The van der Waals surface area contributed by atoms with Crippen molar-refractivity contribution < 1.29 is 28.9 Å². The second kappa shape index (κ2) is 7.46. The molecule has 25 heavy (non-hydrogen) atoms. The molecule has 6 nitrogen and oxygen atoms in total. The van der Waals surface area contributed by atoms with Gasteiger partial charge in [0.1, 0.15) is 0 Å². The fraction of sp³-hybridized carbons (Fsp3) is 0.263. The van der Waals surface area contributed by atoms with Gasteiger partial charge in [0.05, 0.1) is 17.2 Å². The number of carbonyl (C=O) groups excluding carboxylic acids is 2. The number of ether oxygens (including phenoxy) is 3. The van der Waals surface area contributed by atoms with Crippen LogP contribution in [0.3, 0.4) is 0 Å². The molecule has 3 rings (SSSR count).